The van der Waals surface area contributed by atoms with Gasteiger partial charge in [0.2, 0.25) is 0 Å². The first-order chi connectivity index (χ1) is 9.42. The van der Waals surface area contributed by atoms with Crippen LogP contribution in [0.1, 0.15) is 18.4 Å². The van der Waals surface area contributed by atoms with E-state index in [4.69, 9.17) is 17.3 Å². The minimum Gasteiger partial charge on any atom is -0.330 e. The van der Waals surface area contributed by atoms with Crippen LogP contribution < -0.4 is 10.5 Å². The van der Waals surface area contributed by atoms with Gasteiger partial charge in [-0.05, 0) is 49.9 Å². The van der Waals surface area contributed by atoms with E-state index >= 15 is 0 Å². The number of anilines is 1. The molecule has 20 heavy (non-hydrogen) atoms. The molecule has 7 heteroatoms. The average molecular weight is 318 g/mol. The molecular formula is C13H20ClN3O2S. The number of nitrogens with one attached hydrogen (secondary N) is 1. The second-order valence-electron chi connectivity index (χ2n) is 5.19. The summed E-state index contributed by atoms with van der Waals surface area (Å²) in [6.45, 7) is 3.41. The summed E-state index contributed by atoms with van der Waals surface area (Å²) < 4.78 is 28.7. The Morgan fingerprint density at radius 2 is 2.25 bits per heavy atom. The highest BCUT2D eigenvalue weighted by Gasteiger charge is 2.28. The van der Waals surface area contributed by atoms with Crippen molar-refractivity contribution in [3.8, 4) is 0 Å². The van der Waals surface area contributed by atoms with Gasteiger partial charge in [-0.25, -0.2) is 0 Å². The molecule has 1 aromatic rings. The summed E-state index contributed by atoms with van der Waals surface area (Å²) in [5.74, 6) is 0.230. The summed E-state index contributed by atoms with van der Waals surface area (Å²) in [5.41, 5.74) is 7.03. The van der Waals surface area contributed by atoms with Crippen LogP contribution in [0.25, 0.3) is 0 Å². The molecule has 0 amide bonds. The molecule has 5 nitrogen and oxygen atoms in total. The van der Waals surface area contributed by atoms with Crippen LogP contribution in [0.4, 0.5) is 5.69 Å². The maximum Gasteiger partial charge on any atom is 0.301 e. The fourth-order valence-corrected chi connectivity index (χ4v) is 4.04. The number of hydrogen-bond acceptors (Lipinski definition) is 3. The Hall–Kier alpha value is -0.820. The monoisotopic (exact) mass is 317 g/mol. The third kappa shape index (κ3) is 3.63. The van der Waals surface area contributed by atoms with Gasteiger partial charge in [0.25, 0.3) is 0 Å². The van der Waals surface area contributed by atoms with Crippen molar-refractivity contribution in [3.63, 3.8) is 0 Å². The largest absolute Gasteiger partial charge is 0.330 e. The van der Waals surface area contributed by atoms with Gasteiger partial charge in [0.1, 0.15) is 0 Å². The van der Waals surface area contributed by atoms with E-state index in [0.717, 1.165) is 18.4 Å². The highest BCUT2D eigenvalue weighted by molar-refractivity contribution is 7.90. The number of halogens is 1. The van der Waals surface area contributed by atoms with Crippen LogP contribution in [-0.2, 0) is 10.2 Å². The Balaban J connectivity index is 2.14. The molecule has 1 heterocycles. The first-order valence-electron chi connectivity index (χ1n) is 6.66. The van der Waals surface area contributed by atoms with Crippen LogP contribution in [0.15, 0.2) is 18.2 Å². The topological polar surface area (TPSA) is 75.4 Å². The van der Waals surface area contributed by atoms with Crippen molar-refractivity contribution in [3.05, 3.63) is 28.8 Å². The molecule has 0 saturated carbocycles. The molecule has 1 atom stereocenters. The predicted molar refractivity (Wildman–Crippen MR) is 82.1 cm³/mol. The highest BCUT2D eigenvalue weighted by Crippen LogP contribution is 2.26. The van der Waals surface area contributed by atoms with E-state index in [-0.39, 0.29) is 5.92 Å². The Labute approximate surface area is 125 Å². The molecule has 2 rings (SSSR count). The quantitative estimate of drug-likeness (QED) is 0.891. The molecule has 0 aromatic heterocycles. The van der Waals surface area contributed by atoms with Crippen molar-refractivity contribution in [2.75, 3.05) is 24.4 Å². The van der Waals surface area contributed by atoms with Crippen LogP contribution in [0.3, 0.4) is 0 Å². The van der Waals surface area contributed by atoms with Gasteiger partial charge >= 0.3 is 10.2 Å². The first kappa shape index (κ1) is 15.6. The van der Waals surface area contributed by atoms with Gasteiger partial charge in [0.15, 0.2) is 0 Å². The minimum absolute atomic E-state index is 0.230. The molecule has 3 N–H and O–H groups in total. The smallest absolute Gasteiger partial charge is 0.301 e. The van der Waals surface area contributed by atoms with Crippen LogP contribution >= 0.6 is 11.6 Å². The zero-order valence-electron chi connectivity index (χ0n) is 11.5. The molecule has 0 radical (unpaired) electrons. The second kappa shape index (κ2) is 6.30. The molecule has 112 valence electrons. The van der Waals surface area contributed by atoms with Gasteiger partial charge in [-0.3, -0.25) is 4.72 Å². The van der Waals surface area contributed by atoms with E-state index in [9.17, 15) is 8.42 Å². The Bertz CT molecular complexity index is 577. The Kier molecular flexibility index (Phi) is 4.90. The molecular weight excluding hydrogens is 298 g/mol. The van der Waals surface area contributed by atoms with E-state index in [1.807, 2.05) is 13.0 Å². The lowest BCUT2D eigenvalue weighted by molar-refractivity contribution is 0.273. The zero-order chi connectivity index (χ0) is 14.8. The first-order valence-corrected chi connectivity index (χ1v) is 8.48. The molecule has 1 saturated heterocycles. The van der Waals surface area contributed by atoms with Gasteiger partial charge in [-0.1, -0.05) is 17.7 Å². The zero-order valence-corrected chi connectivity index (χ0v) is 13.0. The molecule has 0 bridgehead atoms. The lowest BCUT2D eigenvalue weighted by atomic mass is 10.0. The van der Waals surface area contributed by atoms with E-state index in [0.29, 0.717) is 30.3 Å². The number of nitrogens with two attached hydrogens (primary N) is 1. The van der Waals surface area contributed by atoms with Gasteiger partial charge in [0, 0.05) is 13.1 Å². The fraction of sp³-hybridized carbons (Fsp3) is 0.538. The third-order valence-electron chi connectivity index (χ3n) is 3.52. The summed E-state index contributed by atoms with van der Waals surface area (Å²) in [6, 6.07) is 5.24. The normalized spacial score (nSPS) is 20.9. The van der Waals surface area contributed by atoms with Crippen LogP contribution in [0.5, 0.6) is 0 Å². The maximum absolute atomic E-state index is 12.4. The summed E-state index contributed by atoms with van der Waals surface area (Å²) in [4.78, 5) is 0. The van der Waals surface area contributed by atoms with E-state index in [1.54, 1.807) is 12.1 Å². The van der Waals surface area contributed by atoms with Crippen molar-refractivity contribution in [2.24, 2.45) is 11.7 Å². The van der Waals surface area contributed by atoms with Crippen LogP contribution in [0, 0.1) is 12.8 Å². The van der Waals surface area contributed by atoms with E-state index in [1.165, 1.54) is 4.31 Å². The van der Waals surface area contributed by atoms with Crippen molar-refractivity contribution in [2.45, 2.75) is 19.8 Å². The maximum atomic E-state index is 12.4. The lowest BCUT2D eigenvalue weighted by Crippen LogP contribution is -2.44. The van der Waals surface area contributed by atoms with Gasteiger partial charge in [0.05, 0.1) is 10.7 Å². The van der Waals surface area contributed by atoms with E-state index in [2.05, 4.69) is 4.72 Å². The summed E-state index contributed by atoms with van der Waals surface area (Å²) in [7, 11) is -3.57. The summed E-state index contributed by atoms with van der Waals surface area (Å²) >= 11 is 6.06. The number of benzene rings is 1. The van der Waals surface area contributed by atoms with Gasteiger partial charge < -0.3 is 5.73 Å². The second-order valence-corrected chi connectivity index (χ2v) is 7.27. The number of rotatable bonds is 4. The number of aryl methyl sites for hydroxylation is 1. The molecule has 1 aromatic carbocycles. The van der Waals surface area contributed by atoms with Crippen LogP contribution in [0.2, 0.25) is 5.02 Å². The lowest BCUT2D eigenvalue weighted by Gasteiger charge is -2.31. The molecule has 1 unspecified atom stereocenters. The van der Waals surface area contributed by atoms with E-state index < -0.39 is 10.2 Å². The number of hydrogen-bond donors (Lipinski definition) is 2. The predicted octanol–water partition coefficient (Wildman–Crippen LogP) is 1.98. The van der Waals surface area contributed by atoms with Crippen LogP contribution in [-0.4, -0.2) is 32.4 Å². The molecule has 0 aliphatic carbocycles. The van der Waals surface area contributed by atoms with Gasteiger partial charge in [-0.15, -0.1) is 0 Å². The molecule has 1 fully saturated rings. The number of piperidine rings is 1. The molecule has 1 aliphatic rings. The Morgan fingerprint density at radius 3 is 2.90 bits per heavy atom. The summed E-state index contributed by atoms with van der Waals surface area (Å²) in [6.07, 6.45) is 1.82. The SMILES string of the molecule is Cc1ccc(NS(=O)(=O)N2CCCC(CN)C2)c(Cl)c1. The third-order valence-corrected chi connectivity index (χ3v) is 5.32. The Morgan fingerprint density at radius 1 is 1.50 bits per heavy atom. The fourth-order valence-electron chi connectivity index (χ4n) is 2.34. The highest BCUT2D eigenvalue weighted by atomic mass is 35.5. The van der Waals surface area contributed by atoms with Crippen molar-refractivity contribution in [1.29, 1.82) is 0 Å². The summed E-state index contributed by atoms with van der Waals surface area (Å²) in [5, 5.41) is 0.404. The van der Waals surface area contributed by atoms with Crippen molar-refractivity contribution in [1.82, 2.24) is 4.31 Å². The number of nitrogens with zero attached hydrogens (tertiary/aromatic N) is 1. The molecule has 0 spiro atoms. The standard InChI is InChI=1S/C13H20ClN3O2S/c1-10-4-5-13(12(14)7-10)16-20(18,19)17-6-2-3-11(8-15)9-17/h4-5,7,11,16H,2-3,6,8-9,15H2,1H3. The average Bonchev–Trinajstić information content (AvgIpc) is 2.42. The molecule has 1 aliphatic heterocycles. The van der Waals surface area contributed by atoms with Crippen molar-refractivity contribution < 1.29 is 8.42 Å². The minimum atomic E-state index is -3.57. The van der Waals surface area contributed by atoms with Crippen molar-refractivity contribution >= 4 is 27.5 Å². The van der Waals surface area contributed by atoms with Gasteiger partial charge in [-0.2, -0.15) is 12.7 Å².